The quantitative estimate of drug-likeness (QED) is 0.128. The molecule has 1 N–H and O–H groups in total. The van der Waals surface area contributed by atoms with Gasteiger partial charge in [0.25, 0.3) is 0 Å². The van der Waals surface area contributed by atoms with E-state index in [1.807, 2.05) is 81.1 Å². The molecule has 1 unspecified atom stereocenters. The number of carbonyl (C=O) groups excluding carboxylic acids is 3. The summed E-state index contributed by atoms with van der Waals surface area (Å²) in [6.45, 7) is 19.3. The van der Waals surface area contributed by atoms with Gasteiger partial charge in [-0.15, -0.1) is 21.5 Å². The lowest BCUT2D eigenvalue weighted by Gasteiger charge is -2.40. The van der Waals surface area contributed by atoms with Crippen LogP contribution in [-0.4, -0.2) is 127 Å². The molecule has 5 aliphatic heterocycles. The fourth-order valence-corrected chi connectivity index (χ4v) is 12.6. The largest absolute Gasteiger partial charge is 0.444 e. The average molecular weight is 986 g/mol. The highest BCUT2D eigenvalue weighted by atomic mass is 35.5. The maximum absolute atomic E-state index is 14.1. The second-order valence-corrected chi connectivity index (χ2v) is 22.7. The zero-order chi connectivity index (χ0) is 48.8. The van der Waals surface area contributed by atoms with E-state index in [9.17, 15) is 14.4 Å². The van der Waals surface area contributed by atoms with Gasteiger partial charge in [-0.3, -0.25) is 24.0 Å². The molecule has 10 rings (SSSR count). The number of ketones is 1. The number of carbonyl (C=O) groups is 3. The number of alkyl carbamates (subject to hydrolysis) is 1. The number of aliphatic imine (C=N–C) groups is 1. The van der Waals surface area contributed by atoms with Crippen LogP contribution in [0.25, 0.3) is 5.00 Å². The molecule has 5 aliphatic rings. The summed E-state index contributed by atoms with van der Waals surface area (Å²) in [5.41, 5.74) is 5.99. The van der Waals surface area contributed by atoms with Gasteiger partial charge in [-0.2, -0.15) is 0 Å². The molecule has 0 aliphatic carbocycles. The van der Waals surface area contributed by atoms with Crippen molar-refractivity contribution in [2.24, 2.45) is 10.9 Å². The van der Waals surface area contributed by atoms with Crippen LogP contribution in [-0.2, 0) is 16.1 Å². The SMILES string of the molecule is Cc1sc2c(c1C)C(c1ccc(Cl)cc1)=N[C@@H](CC(=O)N1CCC(CN3CCN(Cc4ccc(C(=O)c5ccc(N6C7CC[C@H]6C[C@@H](NC(=O)OC(C)(C)C)C7)nc5)cc4)CC3)CC1)c1nnc(C)n1-2. The van der Waals surface area contributed by atoms with Crippen LogP contribution in [0.3, 0.4) is 0 Å². The minimum Gasteiger partial charge on any atom is -0.444 e. The normalized spacial score (nSPS) is 22.0. The number of pyridine rings is 1. The van der Waals surface area contributed by atoms with E-state index in [4.69, 9.17) is 26.3 Å². The molecule has 368 valence electrons. The zero-order valence-electron chi connectivity index (χ0n) is 41.3. The van der Waals surface area contributed by atoms with Crippen LogP contribution in [0.5, 0.6) is 0 Å². The minimum absolute atomic E-state index is 0.0293. The third-order valence-electron chi connectivity index (χ3n) is 15.0. The number of nitrogens with zero attached hydrogens (tertiary/aromatic N) is 9. The third-order valence-corrected chi connectivity index (χ3v) is 16.5. The van der Waals surface area contributed by atoms with E-state index >= 15 is 0 Å². The van der Waals surface area contributed by atoms with Gasteiger partial charge in [-0.25, -0.2) is 9.78 Å². The maximum Gasteiger partial charge on any atom is 0.407 e. The van der Waals surface area contributed by atoms with E-state index < -0.39 is 11.6 Å². The number of piperidine rings is 2. The summed E-state index contributed by atoms with van der Waals surface area (Å²) >= 11 is 8.02. The molecule has 5 aromatic rings. The molecule has 0 spiro atoms. The number of anilines is 1. The van der Waals surface area contributed by atoms with E-state index in [-0.39, 0.29) is 30.2 Å². The highest BCUT2D eigenvalue weighted by molar-refractivity contribution is 7.15. The van der Waals surface area contributed by atoms with Gasteiger partial charge in [0.05, 0.1) is 12.1 Å². The number of nitrogens with one attached hydrogen (secondary N) is 1. The topological polar surface area (TPSA) is 141 Å². The fraction of sp³-hybridized carbons (Fsp3) is 0.500. The predicted octanol–water partition coefficient (Wildman–Crippen LogP) is 8.90. The predicted molar refractivity (Wildman–Crippen MR) is 275 cm³/mol. The number of ether oxygens (including phenoxy) is 1. The first-order chi connectivity index (χ1) is 33.6. The molecule has 3 aromatic heterocycles. The lowest BCUT2D eigenvalue weighted by molar-refractivity contribution is -0.133. The molecule has 0 saturated carbocycles. The number of aromatic nitrogens is 4. The highest BCUT2D eigenvalue weighted by Crippen LogP contribution is 2.41. The Hall–Kier alpha value is -5.48. The summed E-state index contributed by atoms with van der Waals surface area (Å²) in [4.78, 5) is 60.9. The van der Waals surface area contributed by atoms with Crippen molar-refractivity contribution in [1.82, 2.24) is 39.8 Å². The Morgan fingerprint density at radius 2 is 1.49 bits per heavy atom. The van der Waals surface area contributed by atoms with Gasteiger partial charge in [0, 0.05) is 109 Å². The molecule has 70 heavy (non-hydrogen) atoms. The van der Waals surface area contributed by atoms with E-state index in [1.54, 1.807) is 17.5 Å². The highest BCUT2D eigenvalue weighted by Gasteiger charge is 2.42. The third kappa shape index (κ3) is 10.3. The van der Waals surface area contributed by atoms with Gasteiger partial charge in [-0.05, 0) is 121 Å². The Bertz CT molecular complexity index is 2740. The summed E-state index contributed by atoms with van der Waals surface area (Å²) in [7, 11) is 0. The van der Waals surface area contributed by atoms with E-state index in [2.05, 4.69) is 60.8 Å². The Labute approximate surface area is 420 Å². The number of benzene rings is 2. The fourth-order valence-electron chi connectivity index (χ4n) is 11.3. The van der Waals surface area contributed by atoms with Crippen molar-refractivity contribution in [3.8, 4) is 5.00 Å². The molecule has 8 heterocycles. The molecule has 2 bridgehead atoms. The van der Waals surface area contributed by atoms with Crippen LogP contribution in [0.15, 0.2) is 71.9 Å². The summed E-state index contributed by atoms with van der Waals surface area (Å²) in [5, 5.41) is 13.9. The van der Waals surface area contributed by atoms with Gasteiger partial charge in [0.1, 0.15) is 28.3 Å². The second kappa shape index (κ2) is 20.0. The molecule has 4 atom stereocenters. The molecular weight excluding hydrogens is 920 g/mol. The molecule has 14 nitrogen and oxygen atoms in total. The average Bonchev–Trinajstić information content (AvgIpc) is 3.92. The van der Waals surface area contributed by atoms with E-state index in [1.165, 1.54) is 16.0 Å². The lowest BCUT2D eigenvalue weighted by atomic mass is 9.95. The van der Waals surface area contributed by atoms with Crippen LogP contribution in [0.4, 0.5) is 10.6 Å². The van der Waals surface area contributed by atoms with Crippen molar-refractivity contribution < 1.29 is 19.1 Å². The van der Waals surface area contributed by atoms with Crippen molar-refractivity contribution in [1.29, 1.82) is 0 Å². The summed E-state index contributed by atoms with van der Waals surface area (Å²) in [6.07, 6.45) is 7.38. The number of rotatable bonds is 11. The number of amides is 2. The van der Waals surface area contributed by atoms with Gasteiger partial charge in [0.2, 0.25) is 5.91 Å². The first kappa shape index (κ1) is 48.2. The molecule has 2 amide bonds. The van der Waals surface area contributed by atoms with Gasteiger partial charge in [-0.1, -0.05) is 48.0 Å². The molecule has 2 aromatic carbocycles. The van der Waals surface area contributed by atoms with Crippen molar-refractivity contribution in [3.63, 3.8) is 0 Å². The Morgan fingerprint density at radius 1 is 0.814 bits per heavy atom. The van der Waals surface area contributed by atoms with Crippen LogP contribution >= 0.6 is 22.9 Å². The van der Waals surface area contributed by atoms with Crippen molar-refractivity contribution >= 4 is 52.3 Å². The lowest BCUT2D eigenvalue weighted by Crippen LogP contribution is -2.51. The van der Waals surface area contributed by atoms with Crippen molar-refractivity contribution in [2.75, 3.05) is 50.7 Å². The van der Waals surface area contributed by atoms with Crippen LogP contribution in [0, 0.1) is 26.7 Å². The molecular formula is C54H65ClN10O4S. The number of halogens is 1. The van der Waals surface area contributed by atoms with E-state index in [0.717, 1.165) is 124 Å². The Morgan fingerprint density at radius 3 is 2.14 bits per heavy atom. The molecule has 16 heteroatoms. The van der Waals surface area contributed by atoms with Crippen LogP contribution < -0.4 is 10.2 Å². The Kier molecular flexibility index (Phi) is 13.7. The monoisotopic (exact) mass is 984 g/mol. The van der Waals surface area contributed by atoms with Gasteiger partial charge in [0.15, 0.2) is 11.6 Å². The summed E-state index contributed by atoms with van der Waals surface area (Å²) < 4.78 is 7.61. The number of fused-ring (bicyclic) bond motifs is 5. The molecule has 4 fully saturated rings. The first-order valence-electron chi connectivity index (χ1n) is 25.1. The number of piperazine rings is 1. The van der Waals surface area contributed by atoms with E-state index in [0.29, 0.717) is 40.0 Å². The van der Waals surface area contributed by atoms with Crippen molar-refractivity contribution in [2.45, 2.75) is 123 Å². The zero-order valence-corrected chi connectivity index (χ0v) is 42.9. The Balaban J connectivity index is 0.678. The van der Waals surface area contributed by atoms with Crippen LogP contribution in [0.1, 0.15) is 126 Å². The standard InChI is InChI=1S/C54H65ClN10O4S/c1-33-34(2)70-52-48(33)49(38-11-14-41(55)15-12-38)58-45(51-60-59-35(3)64(51)52)29-47(66)63-21-19-37(20-22-63)32-62-25-23-61(24-26-62)31-36-7-9-39(10-8-36)50(67)40-13-18-46(56-30-40)65-43-16-17-44(65)28-42(27-43)57-53(68)69-54(4,5)6/h7-15,18,30,37,42-45H,16-17,19-29,31-32H2,1-6H3,(H,57,68)/t42-,43+,44?,45+/m1/s1. The smallest absolute Gasteiger partial charge is 0.407 e. The number of thiophene rings is 1. The number of hydrogen-bond donors (Lipinski definition) is 1. The molecule has 0 radical (unpaired) electrons. The minimum atomic E-state index is -0.526. The van der Waals surface area contributed by atoms with Crippen molar-refractivity contribution in [3.05, 3.63) is 122 Å². The van der Waals surface area contributed by atoms with Gasteiger partial charge >= 0.3 is 6.09 Å². The number of aryl methyl sites for hydroxylation is 2. The number of likely N-dealkylation sites (tertiary alicyclic amines) is 1. The summed E-state index contributed by atoms with van der Waals surface area (Å²) in [5.74, 6) is 3.02. The molecule has 4 saturated heterocycles. The van der Waals surface area contributed by atoms with Crippen LogP contribution in [0.2, 0.25) is 5.02 Å². The number of hydrogen-bond acceptors (Lipinski definition) is 12. The summed E-state index contributed by atoms with van der Waals surface area (Å²) in [6, 6.07) is 19.9. The first-order valence-corrected chi connectivity index (χ1v) is 26.3. The van der Waals surface area contributed by atoms with Gasteiger partial charge < -0.3 is 24.8 Å². The maximum atomic E-state index is 14.1. The second-order valence-electron chi connectivity index (χ2n) is 21.0.